The third-order valence-corrected chi connectivity index (χ3v) is 2.22. The minimum absolute atomic E-state index is 0.275. The molecule has 1 aromatic carbocycles. The monoisotopic (exact) mass is 222 g/mol. The van der Waals surface area contributed by atoms with Crippen LogP contribution in [0.25, 0.3) is 0 Å². The van der Waals surface area contributed by atoms with Gasteiger partial charge in [-0.1, -0.05) is 6.07 Å². The number of nitrogens with two attached hydrogens (primary N) is 1. The van der Waals surface area contributed by atoms with Gasteiger partial charge in [-0.05, 0) is 38.5 Å². The summed E-state index contributed by atoms with van der Waals surface area (Å²) in [5, 5.41) is 3.04. The van der Waals surface area contributed by atoms with Crippen LogP contribution in [-0.4, -0.2) is 18.6 Å². The highest BCUT2D eigenvalue weighted by Crippen LogP contribution is 2.20. The molecule has 0 amide bonds. The predicted octanol–water partition coefficient (Wildman–Crippen LogP) is 1.94. The van der Waals surface area contributed by atoms with Crippen molar-refractivity contribution in [3.05, 3.63) is 23.8 Å². The standard InChI is InChI=1S/C12H18N2O2/c1-4-16-12(15)9(3)14-11-7-8(2)5-6-10(11)13/h5-7,9,14H,4,13H2,1-3H3. The SMILES string of the molecule is CCOC(=O)C(C)Nc1cc(C)ccc1N. The van der Waals surface area contributed by atoms with Crippen LogP contribution in [0.2, 0.25) is 0 Å². The smallest absolute Gasteiger partial charge is 0.328 e. The summed E-state index contributed by atoms with van der Waals surface area (Å²) in [6.45, 7) is 5.89. The average molecular weight is 222 g/mol. The van der Waals surface area contributed by atoms with E-state index in [1.165, 1.54) is 0 Å². The highest BCUT2D eigenvalue weighted by molar-refractivity contribution is 5.81. The topological polar surface area (TPSA) is 64.3 Å². The first kappa shape index (κ1) is 12.4. The fraction of sp³-hybridized carbons (Fsp3) is 0.417. The highest BCUT2D eigenvalue weighted by atomic mass is 16.5. The minimum Gasteiger partial charge on any atom is -0.464 e. The molecule has 0 heterocycles. The summed E-state index contributed by atoms with van der Waals surface area (Å²) in [5.41, 5.74) is 8.28. The second-order valence-corrected chi connectivity index (χ2v) is 3.71. The first-order valence-electron chi connectivity index (χ1n) is 5.34. The lowest BCUT2D eigenvalue weighted by molar-refractivity contribution is -0.143. The Hall–Kier alpha value is -1.71. The molecule has 3 N–H and O–H groups in total. The molecule has 0 aliphatic carbocycles. The number of esters is 1. The number of ether oxygens (including phenoxy) is 1. The molecule has 0 saturated heterocycles. The van der Waals surface area contributed by atoms with Crippen molar-refractivity contribution in [1.29, 1.82) is 0 Å². The van der Waals surface area contributed by atoms with E-state index in [4.69, 9.17) is 10.5 Å². The molecule has 1 aromatic rings. The number of carbonyl (C=O) groups is 1. The van der Waals surface area contributed by atoms with E-state index in [9.17, 15) is 4.79 Å². The largest absolute Gasteiger partial charge is 0.464 e. The van der Waals surface area contributed by atoms with Crippen LogP contribution in [0.1, 0.15) is 19.4 Å². The van der Waals surface area contributed by atoms with E-state index in [0.717, 1.165) is 11.3 Å². The lowest BCUT2D eigenvalue weighted by Crippen LogP contribution is -2.28. The number of nitrogen functional groups attached to an aromatic ring is 1. The molecule has 0 aliphatic rings. The lowest BCUT2D eigenvalue weighted by Gasteiger charge is -2.15. The molecule has 0 fully saturated rings. The van der Waals surface area contributed by atoms with Crippen molar-refractivity contribution in [2.45, 2.75) is 26.8 Å². The van der Waals surface area contributed by atoms with E-state index < -0.39 is 6.04 Å². The van der Waals surface area contributed by atoms with E-state index in [1.54, 1.807) is 13.8 Å². The van der Waals surface area contributed by atoms with Crippen LogP contribution in [0, 0.1) is 6.92 Å². The number of benzene rings is 1. The molecule has 0 bridgehead atoms. The summed E-state index contributed by atoms with van der Waals surface area (Å²) in [6, 6.07) is 5.25. The maximum Gasteiger partial charge on any atom is 0.328 e. The zero-order valence-electron chi connectivity index (χ0n) is 9.91. The number of hydrogen-bond acceptors (Lipinski definition) is 4. The Morgan fingerprint density at radius 3 is 2.88 bits per heavy atom. The van der Waals surface area contributed by atoms with Crippen LogP contribution in [0.5, 0.6) is 0 Å². The lowest BCUT2D eigenvalue weighted by atomic mass is 10.2. The van der Waals surface area contributed by atoms with Gasteiger partial charge in [0.05, 0.1) is 18.0 Å². The van der Waals surface area contributed by atoms with Gasteiger partial charge in [0.25, 0.3) is 0 Å². The van der Waals surface area contributed by atoms with Gasteiger partial charge in [-0.3, -0.25) is 0 Å². The van der Waals surface area contributed by atoms with Crippen LogP contribution >= 0.6 is 0 Å². The molecular weight excluding hydrogens is 204 g/mol. The molecule has 0 aliphatic heterocycles. The summed E-state index contributed by atoms with van der Waals surface area (Å²) in [6.07, 6.45) is 0. The molecule has 1 atom stereocenters. The third kappa shape index (κ3) is 3.15. The molecular formula is C12H18N2O2. The Balaban J connectivity index is 2.72. The fourth-order valence-corrected chi connectivity index (χ4v) is 1.35. The van der Waals surface area contributed by atoms with Gasteiger partial charge in [0.15, 0.2) is 0 Å². The molecule has 0 radical (unpaired) electrons. The van der Waals surface area contributed by atoms with E-state index in [1.807, 2.05) is 25.1 Å². The highest BCUT2D eigenvalue weighted by Gasteiger charge is 2.14. The fourth-order valence-electron chi connectivity index (χ4n) is 1.35. The van der Waals surface area contributed by atoms with Gasteiger partial charge in [-0.25, -0.2) is 4.79 Å². The molecule has 4 heteroatoms. The van der Waals surface area contributed by atoms with Crippen LogP contribution in [0.3, 0.4) is 0 Å². The molecule has 4 nitrogen and oxygen atoms in total. The van der Waals surface area contributed by atoms with Crippen LogP contribution < -0.4 is 11.1 Å². The van der Waals surface area contributed by atoms with E-state index >= 15 is 0 Å². The second-order valence-electron chi connectivity index (χ2n) is 3.71. The maximum absolute atomic E-state index is 11.4. The molecule has 0 aromatic heterocycles. The third-order valence-electron chi connectivity index (χ3n) is 2.22. The summed E-state index contributed by atoms with van der Waals surface area (Å²) >= 11 is 0. The van der Waals surface area contributed by atoms with Gasteiger partial charge in [0.1, 0.15) is 6.04 Å². The van der Waals surface area contributed by atoms with E-state index in [-0.39, 0.29) is 5.97 Å². The van der Waals surface area contributed by atoms with Gasteiger partial charge in [0, 0.05) is 0 Å². The van der Waals surface area contributed by atoms with Crippen molar-refractivity contribution in [3.8, 4) is 0 Å². The second kappa shape index (κ2) is 5.39. The average Bonchev–Trinajstić information content (AvgIpc) is 2.23. The van der Waals surface area contributed by atoms with Gasteiger partial charge >= 0.3 is 5.97 Å². The number of aryl methyl sites for hydroxylation is 1. The van der Waals surface area contributed by atoms with Crippen molar-refractivity contribution in [1.82, 2.24) is 0 Å². The molecule has 1 rings (SSSR count). The van der Waals surface area contributed by atoms with Gasteiger partial charge in [-0.15, -0.1) is 0 Å². The summed E-state index contributed by atoms with van der Waals surface area (Å²) in [7, 11) is 0. The van der Waals surface area contributed by atoms with Crippen molar-refractivity contribution in [2.24, 2.45) is 0 Å². The van der Waals surface area contributed by atoms with Crippen LogP contribution in [0.4, 0.5) is 11.4 Å². The predicted molar refractivity (Wildman–Crippen MR) is 65.3 cm³/mol. The molecule has 1 unspecified atom stereocenters. The van der Waals surface area contributed by atoms with Crippen molar-refractivity contribution in [3.63, 3.8) is 0 Å². The van der Waals surface area contributed by atoms with E-state index in [2.05, 4.69) is 5.32 Å². The number of rotatable bonds is 4. The number of anilines is 2. The Bertz CT molecular complexity index is 377. The van der Waals surface area contributed by atoms with Gasteiger partial charge in [0.2, 0.25) is 0 Å². The zero-order chi connectivity index (χ0) is 12.1. The summed E-state index contributed by atoms with van der Waals surface area (Å²) in [5.74, 6) is -0.275. The molecule has 88 valence electrons. The zero-order valence-corrected chi connectivity index (χ0v) is 9.91. The van der Waals surface area contributed by atoms with Crippen LogP contribution in [-0.2, 0) is 9.53 Å². The Morgan fingerprint density at radius 1 is 1.56 bits per heavy atom. The first-order chi connectivity index (χ1) is 7.54. The van der Waals surface area contributed by atoms with Crippen molar-refractivity contribution in [2.75, 3.05) is 17.7 Å². The quantitative estimate of drug-likeness (QED) is 0.603. The number of hydrogen-bond donors (Lipinski definition) is 2. The van der Waals surface area contributed by atoms with Gasteiger partial charge in [-0.2, -0.15) is 0 Å². The van der Waals surface area contributed by atoms with Crippen molar-refractivity contribution < 1.29 is 9.53 Å². The van der Waals surface area contributed by atoms with E-state index in [0.29, 0.717) is 12.3 Å². The molecule has 16 heavy (non-hydrogen) atoms. The molecule has 0 spiro atoms. The number of carbonyl (C=O) groups excluding carboxylic acids is 1. The summed E-state index contributed by atoms with van der Waals surface area (Å²) in [4.78, 5) is 11.4. The Labute approximate surface area is 95.8 Å². The summed E-state index contributed by atoms with van der Waals surface area (Å²) < 4.78 is 4.90. The normalized spacial score (nSPS) is 11.9. The van der Waals surface area contributed by atoms with Crippen molar-refractivity contribution >= 4 is 17.3 Å². The minimum atomic E-state index is -0.399. The van der Waals surface area contributed by atoms with Crippen LogP contribution in [0.15, 0.2) is 18.2 Å². The molecule has 0 saturated carbocycles. The number of nitrogens with one attached hydrogen (secondary N) is 1. The first-order valence-corrected chi connectivity index (χ1v) is 5.34. The maximum atomic E-state index is 11.4. The van der Waals surface area contributed by atoms with Gasteiger partial charge < -0.3 is 15.8 Å². The Kier molecular flexibility index (Phi) is 4.17. The Morgan fingerprint density at radius 2 is 2.25 bits per heavy atom.